The van der Waals surface area contributed by atoms with E-state index in [2.05, 4.69) is 5.32 Å². The van der Waals surface area contributed by atoms with E-state index in [0.29, 0.717) is 0 Å². The predicted molar refractivity (Wildman–Crippen MR) is 76.7 cm³/mol. The number of halogens is 5. The maximum Gasteiger partial charge on any atom is 0.416 e. The summed E-state index contributed by atoms with van der Waals surface area (Å²) in [4.78, 5) is 11.4. The van der Waals surface area contributed by atoms with Gasteiger partial charge in [-0.25, -0.2) is 8.78 Å². The van der Waals surface area contributed by atoms with Crippen LogP contribution in [0, 0.1) is 23.0 Å². The second kappa shape index (κ2) is 7.17. The molecule has 0 spiro atoms. The Morgan fingerprint density at radius 1 is 1.16 bits per heavy atom. The average molecular weight is 356 g/mol. The number of rotatable bonds is 4. The molecule has 1 amide bonds. The van der Waals surface area contributed by atoms with E-state index < -0.39 is 41.5 Å². The standard InChI is InChI=1S/C16H9F5N2O2/c17-10-7-9(16(19,20)21)8-11(18)15(10)25-13-4-2-1-3-12(13)23-14(24)5-6-22/h1-4,7-8H,5H2,(H,23,24). The molecule has 0 fully saturated rings. The molecule has 0 saturated carbocycles. The van der Waals surface area contributed by atoms with Gasteiger partial charge in [0.05, 0.1) is 17.3 Å². The molecule has 0 bridgehead atoms. The van der Waals surface area contributed by atoms with Crippen LogP contribution in [0.25, 0.3) is 0 Å². The number of hydrogen-bond acceptors (Lipinski definition) is 3. The number of alkyl halides is 3. The zero-order chi connectivity index (χ0) is 18.6. The number of carbonyl (C=O) groups is 1. The van der Waals surface area contributed by atoms with Gasteiger partial charge in [0.25, 0.3) is 0 Å². The second-order valence-corrected chi connectivity index (χ2v) is 4.75. The van der Waals surface area contributed by atoms with Crippen molar-refractivity contribution in [1.82, 2.24) is 0 Å². The molecule has 0 aromatic heterocycles. The van der Waals surface area contributed by atoms with Crippen molar-refractivity contribution in [2.45, 2.75) is 12.6 Å². The minimum atomic E-state index is -4.91. The number of anilines is 1. The molecule has 0 radical (unpaired) electrons. The molecule has 0 aliphatic heterocycles. The lowest BCUT2D eigenvalue weighted by Gasteiger charge is -2.14. The zero-order valence-electron chi connectivity index (χ0n) is 12.3. The summed E-state index contributed by atoms with van der Waals surface area (Å²) in [6.45, 7) is 0. The van der Waals surface area contributed by atoms with Crippen LogP contribution in [-0.2, 0) is 11.0 Å². The highest BCUT2D eigenvalue weighted by atomic mass is 19.4. The second-order valence-electron chi connectivity index (χ2n) is 4.75. The smallest absolute Gasteiger partial charge is 0.416 e. The largest absolute Gasteiger partial charge is 0.449 e. The van der Waals surface area contributed by atoms with Crippen LogP contribution in [0.2, 0.25) is 0 Å². The highest BCUT2D eigenvalue weighted by Crippen LogP contribution is 2.37. The maximum absolute atomic E-state index is 13.8. The fourth-order valence-corrected chi connectivity index (χ4v) is 1.86. The molecule has 0 heterocycles. The number of nitrogens with one attached hydrogen (secondary N) is 1. The van der Waals surface area contributed by atoms with Gasteiger partial charge in [-0.2, -0.15) is 18.4 Å². The van der Waals surface area contributed by atoms with Gasteiger partial charge in [0.1, 0.15) is 6.42 Å². The molecule has 1 N–H and O–H groups in total. The first-order valence-electron chi connectivity index (χ1n) is 6.72. The van der Waals surface area contributed by atoms with Crippen LogP contribution in [0.15, 0.2) is 36.4 Å². The molecule has 0 saturated heterocycles. The lowest BCUT2D eigenvalue weighted by Crippen LogP contribution is -2.11. The van der Waals surface area contributed by atoms with Crippen LogP contribution in [0.5, 0.6) is 11.5 Å². The number of nitriles is 1. The molecule has 2 aromatic carbocycles. The quantitative estimate of drug-likeness (QED) is 0.813. The molecule has 4 nitrogen and oxygen atoms in total. The first-order valence-corrected chi connectivity index (χ1v) is 6.72. The van der Waals surface area contributed by atoms with Gasteiger partial charge in [-0.3, -0.25) is 4.79 Å². The van der Waals surface area contributed by atoms with E-state index in [-0.39, 0.29) is 23.6 Å². The third-order valence-corrected chi connectivity index (χ3v) is 2.94. The summed E-state index contributed by atoms with van der Waals surface area (Å²) >= 11 is 0. The number of nitrogens with zero attached hydrogens (tertiary/aromatic N) is 1. The van der Waals surface area contributed by atoms with E-state index in [1.807, 2.05) is 0 Å². The topological polar surface area (TPSA) is 62.1 Å². The van der Waals surface area contributed by atoms with Crippen molar-refractivity contribution in [2.75, 3.05) is 5.32 Å². The molecule has 0 atom stereocenters. The van der Waals surface area contributed by atoms with Gasteiger partial charge in [-0.05, 0) is 24.3 Å². The molecule has 0 aliphatic rings. The summed E-state index contributed by atoms with van der Waals surface area (Å²) in [6, 6.07) is 7.32. The van der Waals surface area contributed by atoms with Crippen molar-refractivity contribution in [2.24, 2.45) is 0 Å². The summed E-state index contributed by atoms with van der Waals surface area (Å²) < 4.78 is 70.3. The van der Waals surface area contributed by atoms with Gasteiger partial charge in [0, 0.05) is 0 Å². The fraction of sp³-hybridized carbons (Fsp3) is 0.125. The van der Waals surface area contributed by atoms with Gasteiger partial charge in [0.15, 0.2) is 23.1 Å². The van der Waals surface area contributed by atoms with Gasteiger partial charge in [-0.1, -0.05) is 12.1 Å². The van der Waals surface area contributed by atoms with Crippen LogP contribution < -0.4 is 10.1 Å². The van der Waals surface area contributed by atoms with Crippen LogP contribution in [0.3, 0.4) is 0 Å². The van der Waals surface area contributed by atoms with Crippen molar-refractivity contribution in [1.29, 1.82) is 5.26 Å². The number of benzene rings is 2. The molecule has 0 unspecified atom stereocenters. The third-order valence-electron chi connectivity index (χ3n) is 2.94. The van der Waals surface area contributed by atoms with Crippen molar-refractivity contribution in [3.05, 3.63) is 53.6 Å². The Hall–Kier alpha value is -3.15. The Morgan fingerprint density at radius 3 is 2.32 bits per heavy atom. The molecule has 130 valence electrons. The predicted octanol–water partition coefficient (Wildman–Crippen LogP) is 4.63. The van der Waals surface area contributed by atoms with E-state index in [1.54, 1.807) is 6.07 Å². The highest BCUT2D eigenvalue weighted by molar-refractivity contribution is 5.93. The van der Waals surface area contributed by atoms with Crippen molar-refractivity contribution in [3.63, 3.8) is 0 Å². The summed E-state index contributed by atoms with van der Waals surface area (Å²) in [6.07, 6.45) is -5.37. The number of carbonyl (C=O) groups excluding carboxylic acids is 1. The Balaban J connectivity index is 2.35. The number of amides is 1. The molecule has 0 aliphatic carbocycles. The number of hydrogen-bond donors (Lipinski definition) is 1. The minimum Gasteiger partial charge on any atom is -0.449 e. The van der Waals surface area contributed by atoms with Crippen LogP contribution >= 0.6 is 0 Å². The molecule has 25 heavy (non-hydrogen) atoms. The molecule has 2 aromatic rings. The van der Waals surface area contributed by atoms with Crippen molar-refractivity contribution < 1.29 is 31.5 Å². The van der Waals surface area contributed by atoms with Crippen molar-refractivity contribution in [3.8, 4) is 17.6 Å². The summed E-state index contributed by atoms with van der Waals surface area (Å²) in [5.74, 6) is -5.04. The summed E-state index contributed by atoms with van der Waals surface area (Å²) in [5, 5.41) is 10.7. The van der Waals surface area contributed by atoms with E-state index >= 15 is 0 Å². The summed E-state index contributed by atoms with van der Waals surface area (Å²) in [5.41, 5.74) is -1.49. The SMILES string of the molecule is N#CCC(=O)Nc1ccccc1Oc1c(F)cc(C(F)(F)F)cc1F. The molecule has 2 rings (SSSR count). The van der Waals surface area contributed by atoms with Crippen LogP contribution in [0.1, 0.15) is 12.0 Å². The fourth-order valence-electron chi connectivity index (χ4n) is 1.86. The van der Waals surface area contributed by atoms with Gasteiger partial charge in [0.2, 0.25) is 5.91 Å². The Bertz CT molecular complexity index is 820. The van der Waals surface area contributed by atoms with Crippen LogP contribution in [-0.4, -0.2) is 5.91 Å². The summed E-state index contributed by atoms with van der Waals surface area (Å²) in [7, 11) is 0. The van der Waals surface area contributed by atoms with Crippen LogP contribution in [0.4, 0.5) is 27.6 Å². The lowest BCUT2D eigenvalue weighted by molar-refractivity contribution is -0.138. The molecular weight excluding hydrogens is 347 g/mol. The van der Waals surface area contributed by atoms with E-state index in [1.165, 1.54) is 24.3 Å². The van der Waals surface area contributed by atoms with E-state index in [9.17, 15) is 26.7 Å². The number of para-hydroxylation sites is 2. The Morgan fingerprint density at radius 2 is 1.76 bits per heavy atom. The average Bonchev–Trinajstić information content (AvgIpc) is 2.51. The van der Waals surface area contributed by atoms with E-state index in [0.717, 1.165) is 0 Å². The van der Waals surface area contributed by atoms with Crippen molar-refractivity contribution >= 4 is 11.6 Å². The van der Waals surface area contributed by atoms with Gasteiger partial charge < -0.3 is 10.1 Å². The third kappa shape index (κ3) is 4.44. The van der Waals surface area contributed by atoms with Gasteiger partial charge >= 0.3 is 6.18 Å². The Labute approximate surface area is 138 Å². The maximum atomic E-state index is 13.8. The van der Waals surface area contributed by atoms with E-state index in [4.69, 9.17) is 10.00 Å². The van der Waals surface area contributed by atoms with Gasteiger partial charge in [-0.15, -0.1) is 0 Å². The number of ether oxygens (including phenoxy) is 1. The first-order chi connectivity index (χ1) is 11.7. The molecule has 9 heteroatoms. The lowest BCUT2D eigenvalue weighted by atomic mass is 10.2. The highest BCUT2D eigenvalue weighted by Gasteiger charge is 2.33. The zero-order valence-corrected chi connectivity index (χ0v) is 12.3. The Kier molecular flexibility index (Phi) is 5.22. The first kappa shape index (κ1) is 18.2. The normalized spacial score (nSPS) is 10.9. The monoisotopic (exact) mass is 356 g/mol. The molecular formula is C16H9F5N2O2. The minimum absolute atomic E-state index is 0.00134.